The normalized spacial score (nSPS) is 12.0. The van der Waals surface area contributed by atoms with Crippen molar-refractivity contribution < 1.29 is 31.5 Å². The molecule has 2 N–H and O–H groups in total. The van der Waals surface area contributed by atoms with Gasteiger partial charge < -0.3 is 10.4 Å². The summed E-state index contributed by atoms with van der Waals surface area (Å²) >= 11 is 1.21. The highest BCUT2D eigenvalue weighted by Gasteiger charge is 2.31. The van der Waals surface area contributed by atoms with Crippen LogP contribution in [0.15, 0.2) is 64.3 Å². The smallest absolute Gasteiger partial charge is 0.389 e. The number of pyridine rings is 1. The molecule has 0 aliphatic carbocycles. The number of benzene rings is 2. The van der Waals surface area contributed by atoms with Gasteiger partial charge in [0.2, 0.25) is 0 Å². The van der Waals surface area contributed by atoms with Crippen molar-refractivity contribution in [2.45, 2.75) is 38.1 Å². The second-order valence-corrected chi connectivity index (χ2v) is 12.3. The summed E-state index contributed by atoms with van der Waals surface area (Å²) in [5, 5.41) is 12.6. The first kappa shape index (κ1) is 29.2. The molecule has 13 heteroatoms. The van der Waals surface area contributed by atoms with Crippen LogP contribution < -0.4 is 10.9 Å². The fourth-order valence-corrected chi connectivity index (χ4v) is 5.58. The van der Waals surface area contributed by atoms with Crippen LogP contribution >= 0.6 is 11.3 Å². The first-order valence-corrected chi connectivity index (χ1v) is 14.5. The van der Waals surface area contributed by atoms with Gasteiger partial charge in [-0.3, -0.25) is 14.2 Å². The third kappa shape index (κ3) is 6.01. The van der Waals surface area contributed by atoms with E-state index in [1.807, 2.05) is 0 Å². The summed E-state index contributed by atoms with van der Waals surface area (Å²) in [6, 6.07) is 11.4. The standard InChI is InChI=1S/C27H24F3N3O5S2/c1-15-21(24-16(2)39-23(14-34)32-24)12-22(25(35)31-13-17-7-9-20(10-8-17)40(3,37)38)26(36)33(15)19-6-4-5-18(11-19)27(28,29)30/h4-12,34H,13-14H2,1-3H3,(H,31,35). The van der Waals surface area contributed by atoms with Gasteiger partial charge in [-0.25, -0.2) is 13.4 Å². The molecular formula is C27H24F3N3O5S2. The number of alkyl halides is 3. The minimum atomic E-state index is -4.65. The number of carbonyl (C=O) groups excluding carboxylic acids is 1. The zero-order valence-electron chi connectivity index (χ0n) is 21.5. The fraction of sp³-hybridized carbons (Fsp3) is 0.222. The van der Waals surface area contributed by atoms with Crippen molar-refractivity contribution >= 4 is 27.1 Å². The lowest BCUT2D eigenvalue weighted by Gasteiger charge is -2.17. The molecule has 0 unspecified atom stereocenters. The first-order valence-electron chi connectivity index (χ1n) is 11.8. The Balaban J connectivity index is 1.82. The zero-order valence-corrected chi connectivity index (χ0v) is 23.2. The van der Waals surface area contributed by atoms with Crippen molar-refractivity contribution in [2.24, 2.45) is 0 Å². The summed E-state index contributed by atoms with van der Waals surface area (Å²) in [6.45, 7) is 2.91. The summed E-state index contributed by atoms with van der Waals surface area (Å²) in [4.78, 5) is 32.0. The van der Waals surface area contributed by atoms with Gasteiger partial charge in [-0.05, 0) is 55.8 Å². The second-order valence-electron chi connectivity index (χ2n) is 9.02. The molecule has 210 valence electrons. The van der Waals surface area contributed by atoms with Crippen LogP contribution in [0.5, 0.6) is 0 Å². The Morgan fingerprint density at radius 2 is 1.77 bits per heavy atom. The Labute approximate surface area is 231 Å². The van der Waals surface area contributed by atoms with Crippen LogP contribution in [-0.4, -0.2) is 35.2 Å². The number of nitrogens with zero attached hydrogens (tertiary/aromatic N) is 2. The van der Waals surface area contributed by atoms with Gasteiger partial charge in [0, 0.05) is 34.6 Å². The number of hydrogen-bond donors (Lipinski definition) is 2. The maximum Gasteiger partial charge on any atom is 0.416 e. The third-order valence-electron chi connectivity index (χ3n) is 6.16. The number of hydrogen-bond acceptors (Lipinski definition) is 7. The van der Waals surface area contributed by atoms with Crippen LogP contribution in [0.2, 0.25) is 0 Å². The molecule has 1 amide bonds. The number of carbonyl (C=O) groups is 1. The fourth-order valence-electron chi connectivity index (χ4n) is 4.14. The summed E-state index contributed by atoms with van der Waals surface area (Å²) in [5.74, 6) is -0.783. The number of nitrogens with one attached hydrogen (secondary N) is 1. The first-order chi connectivity index (χ1) is 18.7. The highest BCUT2D eigenvalue weighted by molar-refractivity contribution is 7.90. The molecule has 0 atom stereocenters. The summed E-state index contributed by atoms with van der Waals surface area (Å²) in [7, 11) is -3.40. The van der Waals surface area contributed by atoms with E-state index in [0.29, 0.717) is 26.7 Å². The van der Waals surface area contributed by atoms with Crippen LogP contribution in [0.4, 0.5) is 13.2 Å². The molecule has 2 heterocycles. The quantitative estimate of drug-likeness (QED) is 0.329. The Morgan fingerprint density at radius 3 is 2.35 bits per heavy atom. The van der Waals surface area contributed by atoms with Gasteiger partial charge in [0.15, 0.2) is 9.84 Å². The Bertz CT molecular complexity index is 1760. The molecule has 0 saturated carbocycles. The van der Waals surface area contributed by atoms with E-state index in [9.17, 15) is 36.3 Å². The van der Waals surface area contributed by atoms with E-state index in [4.69, 9.17) is 0 Å². The Morgan fingerprint density at radius 1 is 1.10 bits per heavy atom. The molecule has 0 bridgehead atoms. The van der Waals surface area contributed by atoms with E-state index in [1.54, 1.807) is 13.8 Å². The topological polar surface area (TPSA) is 118 Å². The molecule has 40 heavy (non-hydrogen) atoms. The summed E-state index contributed by atoms with van der Waals surface area (Å²) in [6.07, 6.45) is -3.58. The molecule has 0 spiro atoms. The number of aliphatic hydroxyl groups excluding tert-OH is 1. The van der Waals surface area contributed by atoms with Gasteiger partial charge in [0.25, 0.3) is 11.5 Å². The lowest BCUT2D eigenvalue weighted by Crippen LogP contribution is -2.33. The van der Waals surface area contributed by atoms with E-state index in [1.165, 1.54) is 53.8 Å². The molecule has 2 aromatic carbocycles. The van der Waals surface area contributed by atoms with Crippen molar-refractivity contribution in [3.8, 4) is 16.9 Å². The SMILES string of the molecule is Cc1sc(CO)nc1-c1cc(C(=O)NCc2ccc(S(C)(=O)=O)cc2)c(=O)n(-c2cccc(C(F)(F)F)c2)c1C. The summed E-state index contributed by atoms with van der Waals surface area (Å²) in [5.41, 5.74) is -0.655. The Kier molecular flexibility index (Phi) is 8.01. The molecule has 0 aliphatic heterocycles. The van der Waals surface area contributed by atoms with E-state index in [-0.39, 0.29) is 35.0 Å². The molecular weight excluding hydrogens is 567 g/mol. The van der Waals surface area contributed by atoms with E-state index in [0.717, 1.165) is 23.0 Å². The van der Waals surface area contributed by atoms with Crippen molar-refractivity contribution in [3.63, 3.8) is 0 Å². The number of aromatic nitrogens is 2. The maximum atomic E-state index is 13.6. The van der Waals surface area contributed by atoms with Gasteiger partial charge in [0.1, 0.15) is 10.6 Å². The highest BCUT2D eigenvalue weighted by atomic mass is 32.2. The van der Waals surface area contributed by atoms with Crippen molar-refractivity contribution in [1.82, 2.24) is 14.9 Å². The number of aliphatic hydroxyl groups is 1. The third-order valence-corrected chi connectivity index (χ3v) is 8.24. The molecule has 0 aliphatic rings. The molecule has 0 radical (unpaired) electrons. The highest BCUT2D eigenvalue weighted by Crippen LogP contribution is 2.33. The van der Waals surface area contributed by atoms with Crippen molar-refractivity contribution in [3.05, 3.63) is 97.2 Å². The second kappa shape index (κ2) is 11.0. The van der Waals surface area contributed by atoms with Gasteiger partial charge in [0.05, 0.1) is 22.8 Å². The lowest BCUT2D eigenvalue weighted by atomic mass is 10.0. The molecule has 4 rings (SSSR count). The van der Waals surface area contributed by atoms with Gasteiger partial charge in [-0.15, -0.1) is 11.3 Å². The van der Waals surface area contributed by atoms with E-state index >= 15 is 0 Å². The maximum absolute atomic E-state index is 13.6. The Hall–Kier alpha value is -3.81. The average molecular weight is 592 g/mol. The van der Waals surface area contributed by atoms with Crippen molar-refractivity contribution in [1.29, 1.82) is 0 Å². The average Bonchev–Trinajstić information content (AvgIpc) is 3.27. The number of aryl methyl sites for hydroxylation is 1. The van der Waals surface area contributed by atoms with Crippen LogP contribution in [0.1, 0.15) is 37.1 Å². The van der Waals surface area contributed by atoms with Crippen LogP contribution in [0.25, 0.3) is 16.9 Å². The minimum absolute atomic E-state index is 0.0422. The number of amides is 1. The molecule has 8 nitrogen and oxygen atoms in total. The molecule has 0 saturated heterocycles. The van der Waals surface area contributed by atoms with Gasteiger partial charge >= 0.3 is 6.18 Å². The minimum Gasteiger partial charge on any atom is -0.389 e. The van der Waals surface area contributed by atoms with Gasteiger partial charge in [-0.2, -0.15) is 13.2 Å². The number of rotatable bonds is 7. The zero-order chi connectivity index (χ0) is 29.4. The monoisotopic (exact) mass is 591 g/mol. The lowest BCUT2D eigenvalue weighted by molar-refractivity contribution is -0.137. The van der Waals surface area contributed by atoms with E-state index < -0.39 is 33.0 Å². The predicted molar refractivity (Wildman–Crippen MR) is 144 cm³/mol. The molecule has 4 aromatic rings. The number of thiazole rings is 1. The van der Waals surface area contributed by atoms with E-state index in [2.05, 4.69) is 10.3 Å². The largest absolute Gasteiger partial charge is 0.416 e. The summed E-state index contributed by atoms with van der Waals surface area (Å²) < 4.78 is 64.8. The number of halogens is 3. The van der Waals surface area contributed by atoms with Gasteiger partial charge in [-0.1, -0.05) is 18.2 Å². The van der Waals surface area contributed by atoms with Crippen molar-refractivity contribution in [2.75, 3.05) is 6.26 Å². The number of sulfone groups is 1. The van der Waals surface area contributed by atoms with Crippen LogP contribution in [0.3, 0.4) is 0 Å². The molecule has 2 aromatic heterocycles. The predicted octanol–water partition coefficient (Wildman–Crippen LogP) is 4.42. The molecule has 0 fully saturated rings. The van der Waals surface area contributed by atoms with Crippen LogP contribution in [-0.2, 0) is 29.2 Å². The van der Waals surface area contributed by atoms with Crippen LogP contribution in [0, 0.1) is 13.8 Å².